The van der Waals surface area contributed by atoms with Gasteiger partial charge >= 0.3 is 5.97 Å². The van der Waals surface area contributed by atoms with Gasteiger partial charge in [0.05, 0.1) is 6.61 Å². The smallest absolute Gasteiger partial charge is 0.341 e. The first-order chi connectivity index (χ1) is 13.9. The number of amidine groups is 1. The number of benzene rings is 2. The number of sulfonamides is 1. The Morgan fingerprint density at radius 1 is 1.10 bits per heavy atom. The number of nitrogens with one attached hydrogen (secondary N) is 1. The van der Waals surface area contributed by atoms with Gasteiger partial charge in [0.2, 0.25) is 0 Å². The zero-order valence-electron chi connectivity index (χ0n) is 15.8. The maximum absolute atomic E-state index is 12.8. The minimum atomic E-state index is -3.76. The first-order valence-electron chi connectivity index (χ1n) is 8.99. The van der Waals surface area contributed by atoms with Crippen molar-refractivity contribution in [3.05, 3.63) is 70.6 Å². The third-order valence-electron chi connectivity index (χ3n) is 4.49. The molecule has 2 aromatic carbocycles. The second kappa shape index (κ2) is 7.46. The van der Waals surface area contributed by atoms with Crippen LogP contribution in [0.25, 0.3) is 11.1 Å². The number of fused-ring (bicyclic) bond motifs is 1. The number of nitrogens with zero attached hydrogens (tertiary/aromatic N) is 1. The number of rotatable bonds is 4. The van der Waals surface area contributed by atoms with E-state index >= 15 is 0 Å². The lowest BCUT2D eigenvalue weighted by Gasteiger charge is -2.10. The Labute approximate surface area is 172 Å². The van der Waals surface area contributed by atoms with Gasteiger partial charge in [-0.15, -0.1) is 15.7 Å². The van der Waals surface area contributed by atoms with Gasteiger partial charge in [0, 0.05) is 16.0 Å². The number of hydrogen-bond acceptors (Lipinski definition) is 6. The summed E-state index contributed by atoms with van der Waals surface area (Å²) < 4.78 is 33.9. The minimum Gasteiger partial charge on any atom is -0.462 e. The molecule has 0 aliphatic carbocycles. The summed E-state index contributed by atoms with van der Waals surface area (Å²) >= 11 is 1.36. The van der Waals surface area contributed by atoms with Crippen molar-refractivity contribution >= 4 is 38.2 Å². The molecule has 2 heterocycles. The van der Waals surface area contributed by atoms with Crippen molar-refractivity contribution in [1.82, 2.24) is 0 Å². The Morgan fingerprint density at radius 3 is 2.52 bits per heavy atom. The molecule has 0 saturated heterocycles. The van der Waals surface area contributed by atoms with Gasteiger partial charge in [0.25, 0.3) is 10.0 Å². The largest absolute Gasteiger partial charge is 0.462 e. The molecule has 0 unspecified atom stereocenters. The van der Waals surface area contributed by atoms with Crippen LogP contribution in [-0.4, -0.2) is 26.8 Å². The molecule has 29 heavy (non-hydrogen) atoms. The number of esters is 1. The molecule has 1 aliphatic heterocycles. The SMILES string of the molecule is CCOC(=O)c1c(NC2=NS(=O)(=O)c3ccccc32)sc(C)c1-c1ccccc1. The molecule has 1 aromatic heterocycles. The first-order valence-corrected chi connectivity index (χ1v) is 11.3. The topological polar surface area (TPSA) is 84.8 Å². The van der Waals surface area contributed by atoms with Crippen molar-refractivity contribution in [1.29, 1.82) is 0 Å². The molecule has 3 aromatic rings. The standard InChI is InChI=1S/C21H18N2O4S2/c1-3-27-21(24)18-17(14-9-5-4-6-10-14)13(2)28-20(18)22-19-15-11-7-8-12-16(15)29(25,26)23-19/h4-12H,3H2,1-2H3,(H,22,23). The van der Waals surface area contributed by atoms with Crippen molar-refractivity contribution in [3.8, 4) is 11.1 Å². The number of carbonyl (C=O) groups excluding carboxylic acids is 1. The summed E-state index contributed by atoms with van der Waals surface area (Å²) in [4.78, 5) is 13.9. The lowest BCUT2D eigenvalue weighted by molar-refractivity contribution is 0.0529. The van der Waals surface area contributed by atoms with Gasteiger partial charge < -0.3 is 10.1 Å². The molecule has 0 radical (unpaired) electrons. The Balaban J connectivity index is 1.84. The predicted molar refractivity (Wildman–Crippen MR) is 114 cm³/mol. The number of aryl methyl sites for hydroxylation is 1. The number of hydrogen-bond donors (Lipinski definition) is 1. The normalized spacial score (nSPS) is 14.2. The molecular formula is C21H18N2O4S2. The maximum atomic E-state index is 12.8. The summed E-state index contributed by atoms with van der Waals surface area (Å²) in [5.41, 5.74) is 2.52. The molecule has 0 bridgehead atoms. The summed E-state index contributed by atoms with van der Waals surface area (Å²) in [5.74, 6) is -0.264. The van der Waals surface area contributed by atoms with Gasteiger partial charge in [-0.2, -0.15) is 8.42 Å². The van der Waals surface area contributed by atoms with Crippen LogP contribution in [0.4, 0.5) is 5.00 Å². The van der Waals surface area contributed by atoms with E-state index in [2.05, 4.69) is 9.71 Å². The van der Waals surface area contributed by atoms with Crippen molar-refractivity contribution in [3.63, 3.8) is 0 Å². The van der Waals surface area contributed by atoms with E-state index in [1.807, 2.05) is 37.3 Å². The number of anilines is 1. The highest BCUT2D eigenvalue weighted by Gasteiger charge is 2.31. The van der Waals surface area contributed by atoms with E-state index < -0.39 is 16.0 Å². The molecule has 4 rings (SSSR count). The second-order valence-corrected chi connectivity index (χ2v) is 9.16. The molecule has 0 amide bonds. The third kappa shape index (κ3) is 3.45. The van der Waals surface area contributed by atoms with Crippen LogP contribution in [0.2, 0.25) is 0 Å². The Hall–Kier alpha value is -2.97. The van der Waals surface area contributed by atoms with Crippen molar-refractivity contribution in [2.24, 2.45) is 4.40 Å². The number of ether oxygens (including phenoxy) is 1. The molecule has 0 saturated carbocycles. The molecule has 1 N–H and O–H groups in total. The monoisotopic (exact) mass is 426 g/mol. The van der Waals surface area contributed by atoms with Gasteiger partial charge in [0.1, 0.15) is 15.5 Å². The van der Waals surface area contributed by atoms with Gasteiger partial charge in [-0.25, -0.2) is 4.79 Å². The average Bonchev–Trinajstić information content (AvgIpc) is 3.16. The second-order valence-electron chi connectivity index (χ2n) is 6.36. The van der Waals surface area contributed by atoms with E-state index in [1.165, 1.54) is 17.4 Å². The van der Waals surface area contributed by atoms with E-state index in [0.717, 1.165) is 16.0 Å². The van der Waals surface area contributed by atoms with E-state index in [-0.39, 0.29) is 17.3 Å². The highest BCUT2D eigenvalue weighted by atomic mass is 32.2. The van der Waals surface area contributed by atoms with Gasteiger partial charge in [-0.1, -0.05) is 42.5 Å². The zero-order chi connectivity index (χ0) is 20.6. The summed E-state index contributed by atoms with van der Waals surface area (Å²) in [7, 11) is -3.76. The maximum Gasteiger partial charge on any atom is 0.341 e. The quantitative estimate of drug-likeness (QED) is 0.623. The lowest BCUT2D eigenvalue weighted by Crippen LogP contribution is -2.14. The Bertz CT molecular complexity index is 1230. The summed E-state index contributed by atoms with van der Waals surface area (Å²) in [6.45, 7) is 3.90. The molecule has 0 atom stereocenters. The van der Waals surface area contributed by atoms with Crippen LogP contribution in [-0.2, 0) is 14.8 Å². The highest BCUT2D eigenvalue weighted by molar-refractivity contribution is 7.90. The van der Waals surface area contributed by atoms with E-state index in [9.17, 15) is 13.2 Å². The van der Waals surface area contributed by atoms with E-state index in [0.29, 0.717) is 16.1 Å². The molecule has 6 nitrogen and oxygen atoms in total. The van der Waals surface area contributed by atoms with Crippen molar-refractivity contribution in [2.45, 2.75) is 18.7 Å². The molecule has 8 heteroatoms. The van der Waals surface area contributed by atoms with Gasteiger partial charge in [-0.3, -0.25) is 0 Å². The van der Waals surface area contributed by atoms with E-state index in [4.69, 9.17) is 4.74 Å². The van der Waals surface area contributed by atoms with Crippen LogP contribution in [0.15, 0.2) is 63.9 Å². The van der Waals surface area contributed by atoms with Gasteiger partial charge in [0.15, 0.2) is 5.84 Å². The minimum absolute atomic E-state index is 0.150. The zero-order valence-corrected chi connectivity index (χ0v) is 17.4. The highest BCUT2D eigenvalue weighted by Crippen LogP contribution is 2.41. The third-order valence-corrected chi connectivity index (χ3v) is 6.85. The molecule has 0 fully saturated rings. The number of thiophene rings is 1. The van der Waals surface area contributed by atoms with Gasteiger partial charge in [-0.05, 0) is 31.5 Å². The van der Waals surface area contributed by atoms with Crippen LogP contribution >= 0.6 is 11.3 Å². The number of carbonyl (C=O) groups is 1. The molecular weight excluding hydrogens is 408 g/mol. The summed E-state index contributed by atoms with van der Waals surface area (Å²) in [5, 5.41) is 3.59. The lowest BCUT2D eigenvalue weighted by atomic mass is 10.0. The van der Waals surface area contributed by atoms with Crippen molar-refractivity contribution < 1.29 is 17.9 Å². The average molecular weight is 427 g/mol. The van der Waals surface area contributed by atoms with Crippen LogP contribution in [0.1, 0.15) is 27.7 Å². The fourth-order valence-corrected chi connectivity index (χ4v) is 5.53. The molecule has 0 spiro atoms. The van der Waals surface area contributed by atoms with Crippen molar-refractivity contribution in [2.75, 3.05) is 11.9 Å². The van der Waals surface area contributed by atoms with E-state index in [1.54, 1.807) is 25.1 Å². The fraction of sp³-hybridized carbons (Fsp3) is 0.143. The summed E-state index contributed by atoms with van der Waals surface area (Å²) in [6.07, 6.45) is 0. The fourth-order valence-electron chi connectivity index (χ4n) is 3.29. The van der Waals surface area contributed by atoms with Crippen LogP contribution in [0.3, 0.4) is 0 Å². The van der Waals surface area contributed by atoms with Crippen LogP contribution in [0, 0.1) is 6.92 Å². The van der Waals surface area contributed by atoms with Crippen LogP contribution < -0.4 is 5.32 Å². The molecule has 1 aliphatic rings. The first kappa shape index (κ1) is 19.4. The predicted octanol–water partition coefficient (Wildman–Crippen LogP) is 4.46. The Morgan fingerprint density at radius 2 is 1.79 bits per heavy atom. The summed E-state index contributed by atoms with van der Waals surface area (Å²) in [6, 6.07) is 16.2. The molecule has 148 valence electrons. The Kier molecular flexibility index (Phi) is 4.97. The van der Waals surface area contributed by atoms with Crippen LogP contribution in [0.5, 0.6) is 0 Å².